The van der Waals surface area contributed by atoms with Gasteiger partial charge in [-0.25, -0.2) is 9.38 Å². The Labute approximate surface area is 113 Å². The van der Waals surface area contributed by atoms with E-state index in [0.29, 0.717) is 12.6 Å². The van der Waals surface area contributed by atoms with Crippen LogP contribution in [0.3, 0.4) is 0 Å². The van der Waals surface area contributed by atoms with E-state index in [0.717, 1.165) is 18.1 Å². The van der Waals surface area contributed by atoms with Crippen molar-refractivity contribution in [2.24, 2.45) is 4.99 Å². The van der Waals surface area contributed by atoms with E-state index in [1.165, 1.54) is 26.0 Å². The molecule has 1 aliphatic carbocycles. The lowest BCUT2D eigenvalue weighted by Crippen LogP contribution is -2.38. The van der Waals surface area contributed by atoms with Crippen molar-refractivity contribution in [1.29, 1.82) is 0 Å². The molecule has 0 unspecified atom stereocenters. The maximum atomic E-state index is 13.5. The summed E-state index contributed by atoms with van der Waals surface area (Å²) in [4.78, 5) is 4.45. The molecule has 1 aromatic carbocycles. The zero-order valence-electron chi connectivity index (χ0n) is 11.4. The average molecular weight is 265 g/mol. The highest BCUT2D eigenvalue weighted by atomic mass is 19.1. The molecule has 1 fully saturated rings. The molecule has 0 aliphatic heterocycles. The summed E-state index contributed by atoms with van der Waals surface area (Å²) >= 11 is 0. The van der Waals surface area contributed by atoms with Crippen molar-refractivity contribution in [3.63, 3.8) is 0 Å². The summed E-state index contributed by atoms with van der Waals surface area (Å²) in [5, 5.41) is 6.50. The smallest absolute Gasteiger partial charge is 0.191 e. The van der Waals surface area contributed by atoms with Crippen LogP contribution in [0, 0.1) is 5.82 Å². The molecule has 2 N–H and O–H groups in total. The van der Waals surface area contributed by atoms with Crippen LogP contribution in [-0.2, 0) is 6.54 Å². The van der Waals surface area contributed by atoms with Crippen LogP contribution in [0.4, 0.5) is 4.39 Å². The second-order valence-corrected chi connectivity index (χ2v) is 4.58. The van der Waals surface area contributed by atoms with E-state index in [4.69, 9.17) is 4.74 Å². The molecule has 19 heavy (non-hydrogen) atoms. The Bertz CT molecular complexity index is 458. The largest absolute Gasteiger partial charge is 0.494 e. The first-order chi connectivity index (χ1) is 9.22. The molecular weight excluding hydrogens is 245 g/mol. The number of hydrogen-bond donors (Lipinski definition) is 2. The summed E-state index contributed by atoms with van der Waals surface area (Å²) < 4.78 is 18.4. The van der Waals surface area contributed by atoms with Crippen LogP contribution in [0.2, 0.25) is 0 Å². The third-order valence-electron chi connectivity index (χ3n) is 2.90. The second kappa shape index (κ2) is 6.41. The number of nitrogens with one attached hydrogen (secondary N) is 2. The highest BCUT2D eigenvalue weighted by Gasteiger charge is 2.22. The Balaban J connectivity index is 1.99. The zero-order valence-corrected chi connectivity index (χ0v) is 11.4. The van der Waals surface area contributed by atoms with Crippen LogP contribution in [0.25, 0.3) is 0 Å². The van der Waals surface area contributed by atoms with E-state index < -0.39 is 0 Å². The fourth-order valence-electron chi connectivity index (χ4n) is 1.72. The maximum Gasteiger partial charge on any atom is 0.191 e. The minimum Gasteiger partial charge on any atom is -0.494 e. The van der Waals surface area contributed by atoms with Gasteiger partial charge in [0.1, 0.15) is 0 Å². The topological polar surface area (TPSA) is 45.7 Å². The molecule has 2 rings (SSSR count). The van der Waals surface area contributed by atoms with Gasteiger partial charge in [0.05, 0.1) is 13.7 Å². The molecule has 1 saturated carbocycles. The standard InChI is InChI=1S/C14H20FN3O/c1-3-16-14(18-11-5-6-11)17-9-10-4-7-13(19-2)12(15)8-10/h4,7-8,11H,3,5-6,9H2,1-2H3,(H2,16,17,18). The lowest BCUT2D eigenvalue weighted by atomic mass is 10.2. The van der Waals surface area contributed by atoms with Crippen LogP contribution in [0.1, 0.15) is 25.3 Å². The monoisotopic (exact) mass is 265 g/mol. The number of benzene rings is 1. The van der Waals surface area contributed by atoms with Crippen LogP contribution >= 0.6 is 0 Å². The molecule has 0 aromatic heterocycles. The van der Waals surface area contributed by atoms with Crippen molar-refractivity contribution in [3.8, 4) is 5.75 Å². The normalized spacial score (nSPS) is 15.2. The van der Waals surface area contributed by atoms with Gasteiger partial charge >= 0.3 is 0 Å². The minimum atomic E-state index is -0.352. The van der Waals surface area contributed by atoms with E-state index in [1.807, 2.05) is 13.0 Å². The highest BCUT2D eigenvalue weighted by Crippen LogP contribution is 2.19. The van der Waals surface area contributed by atoms with E-state index >= 15 is 0 Å². The average Bonchev–Trinajstić information content (AvgIpc) is 3.20. The van der Waals surface area contributed by atoms with Gasteiger partial charge in [-0.1, -0.05) is 6.07 Å². The summed E-state index contributed by atoms with van der Waals surface area (Å²) in [5.41, 5.74) is 0.825. The van der Waals surface area contributed by atoms with Gasteiger partial charge in [0.25, 0.3) is 0 Å². The van der Waals surface area contributed by atoms with Gasteiger partial charge in [-0.2, -0.15) is 0 Å². The number of guanidine groups is 1. The third-order valence-corrected chi connectivity index (χ3v) is 2.90. The number of halogens is 1. The molecule has 4 nitrogen and oxygen atoms in total. The maximum absolute atomic E-state index is 13.5. The Morgan fingerprint density at radius 3 is 2.84 bits per heavy atom. The van der Waals surface area contributed by atoms with Gasteiger partial charge in [-0.3, -0.25) is 0 Å². The SMILES string of the molecule is CCNC(=NCc1ccc(OC)c(F)c1)NC1CC1. The fraction of sp³-hybridized carbons (Fsp3) is 0.500. The predicted octanol–water partition coefficient (Wildman–Crippen LogP) is 2.05. The molecule has 0 radical (unpaired) electrons. The molecule has 104 valence electrons. The zero-order chi connectivity index (χ0) is 13.7. The minimum absolute atomic E-state index is 0.260. The van der Waals surface area contributed by atoms with E-state index in [1.54, 1.807) is 6.07 Å². The van der Waals surface area contributed by atoms with Crippen molar-refractivity contribution < 1.29 is 9.13 Å². The summed E-state index contributed by atoms with van der Waals surface area (Å²) in [6.45, 7) is 3.29. The van der Waals surface area contributed by atoms with Gasteiger partial charge in [0.15, 0.2) is 17.5 Å². The Hall–Kier alpha value is -1.78. The van der Waals surface area contributed by atoms with Crippen LogP contribution in [0.5, 0.6) is 5.75 Å². The van der Waals surface area contributed by atoms with Gasteiger partial charge in [0.2, 0.25) is 0 Å². The van der Waals surface area contributed by atoms with Gasteiger partial charge in [0, 0.05) is 12.6 Å². The third kappa shape index (κ3) is 4.12. The summed E-state index contributed by atoms with van der Waals surface area (Å²) in [7, 11) is 1.46. The lowest BCUT2D eigenvalue weighted by Gasteiger charge is -2.10. The summed E-state index contributed by atoms with van der Waals surface area (Å²) in [6.07, 6.45) is 2.39. The first kappa shape index (κ1) is 13.6. The molecule has 0 atom stereocenters. The van der Waals surface area contributed by atoms with Crippen LogP contribution < -0.4 is 15.4 Å². The molecule has 0 spiro atoms. The molecular formula is C14H20FN3O. The summed E-state index contributed by atoms with van der Waals surface area (Å²) in [5.74, 6) is 0.701. The fourth-order valence-corrected chi connectivity index (χ4v) is 1.72. The number of hydrogen-bond acceptors (Lipinski definition) is 2. The number of aliphatic imine (C=N–C) groups is 1. The predicted molar refractivity (Wildman–Crippen MR) is 73.9 cm³/mol. The van der Waals surface area contributed by atoms with Crippen molar-refractivity contribution in [2.45, 2.75) is 32.4 Å². The molecule has 0 saturated heterocycles. The van der Waals surface area contributed by atoms with Crippen molar-refractivity contribution in [1.82, 2.24) is 10.6 Å². The van der Waals surface area contributed by atoms with E-state index in [-0.39, 0.29) is 11.6 Å². The quantitative estimate of drug-likeness (QED) is 0.632. The van der Waals surface area contributed by atoms with E-state index in [9.17, 15) is 4.39 Å². The summed E-state index contributed by atoms with van der Waals surface area (Å²) in [6, 6.07) is 5.46. The number of methoxy groups -OCH3 is 1. The lowest BCUT2D eigenvalue weighted by molar-refractivity contribution is 0.386. The van der Waals surface area contributed by atoms with Gasteiger partial charge in [-0.05, 0) is 37.5 Å². The van der Waals surface area contributed by atoms with Crippen molar-refractivity contribution >= 4 is 5.96 Å². The van der Waals surface area contributed by atoms with Crippen molar-refractivity contribution in [2.75, 3.05) is 13.7 Å². The van der Waals surface area contributed by atoms with Gasteiger partial charge < -0.3 is 15.4 Å². The van der Waals surface area contributed by atoms with E-state index in [2.05, 4.69) is 15.6 Å². The molecule has 1 aromatic rings. The number of rotatable bonds is 5. The Kier molecular flexibility index (Phi) is 4.60. The molecule has 1 aliphatic rings. The molecule has 5 heteroatoms. The Morgan fingerprint density at radius 2 is 2.26 bits per heavy atom. The molecule has 0 heterocycles. The van der Waals surface area contributed by atoms with Crippen LogP contribution in [0.15, 0.2) is 23.2 Å². The first-order valence-electron chi connectivity index (χ1n) is 6.60. The number of nitrogens with zero attached hydrogens (tertiary/aromatic N) is 1. The molecule has 0 amide bonds. The molecule has 0 bridgehead atoms. The first-order valence-corrected chi connectivity index (χ1v) is 6.60. The van der Waals surface area contributed by atoms with Crippen molar-refractivity contribution in [3.05, 3.63) is 29.6 Å². The van der Waals surface area contributed by atoms with Gasteiger partial charge in [-0.15, -0.1) is 0 Å². The second-order valence-electron chi connectivity index (χ2n) is 4.58. The van der Waals surface area contributed by atoms with Crippen LogP contribution in [-0.4, -0.2) is 25.7 Å². The highest BCUT2D eigenvalue weighted by molar-refractivity contribution is 5.80. The Morgan fingerprint density at radius 1 is 1.47 bits per heavy atom. The number of ether oxygens (including phenoxy) is 1.